The molecule has 0 aromatic heterocycles. The number of Topliss-reactive ketones (excluding diaryl/α,β-unsaturated/α-hetero) is 1. The van der Waals surface area contributed by atoms with Gasteiger partial charge in [0.05, 0.1) is 30.8 Å². The van der Waals surface area contributed by atoms with E-state index in [1.54, 1.807) is 21.3 Å². The number of rotatable bonds is 10. The lowest BCUT2D eigenvalue weighted by Crippen LogP contribution is -2.59. The van der Waals surface area contributed by atoms with Crippen molar-refractivity contribution in [2.75, 3.05) is 27.9 Å². The normalized spacial score (nSPS) is 45.2. The third-order valence-corrected chi connectivity index (χ3v) is 13.5. The van der Waals surface area contributed by atoms with E-state index in [4.69, 9.17) is 37.9 Å². The fourth-order valence-electron chi connectivity index (χ4n) is 10.6. The van der Waals surface area contributed by atoms with Crippen molar-refractivity contribution in [2.45, 2.75) is 167 Å². The number of likely N-dealkylation sites (N-methyl/N-ethyl adjacent to an activating group) is 1. The van der Waals surface area contributed by atoms with Gasteiger partial charge in [-0.1, -0.05) is 38.5 Å². The fraction of sp³-hybridized carbons (Fsp3) is 0.857. The third-order valence-electron chi connectivity index (χ3n) is 13.5. The predicted octanol–water partition coefficient (Wildman–Crippen LogP) is 5.93. The van der Waals surface area contributed by atoms with Crippen molar-refractivity contribution in [2.24, 2.45) is 35.5 Å². The molecule has 6 aliphatic rings. The lowest BCUT2D eigenvalue weighted by Gasteiger charge is -2.44. The monoisotopic (exact) mass is 745 g/mol. The van der Waals surface area contributed by atoms with Crippen LogP contribution in [0.25, 0.3) is 0 Å². The number of nitrogens with one attached hydrogen (secondary N) is 1. The van der Waals surface area contributed by atoms with E-state index in [1.807, 2.05) is 13.8 Å². The molecule has 1 saturated carbocycles. The Morgan fingerprint density at radius 1 is 0.811 bits per heavy atom. The third kappa shape index (κ3) is 8.68. The topological polar surface area (TPSA) is 120 Å². The van der Waals surface area contributed by atoms with Gasteiger partial charge in [0, 0.05) is 39.2 Å². The van der Waals surface area contributed by atoms with Crippen LogP contribution in [-0.2, 0) is 47.5 Å². The van der Waals surface area contributed by atoms with Crippen LogP contribution >= 0.6 is 0 Å². The Morgan fingerprint density at radius 3 is 2.25 bits per heavy atom. The van der Waals surface area contributed by atoms with Crippen LogP contribution in [0, 0.1) is 35.5 Å². The van der Waals surface area contributed by atoms with Gasteiger partial charge in [-0.2, -0.15) is 0 Å². The number of esters is 1. The summed E-state index contributed by atoms with van der Waals surface area (Å²) in [5, 5.41) is 3.52. The number of carbonyl (C=O) groups is 2. The SMILES string of the molecule is CCN[C@H]1CC[C@H](O[C@H]2CCC[C@H](CC)OC(=O)C[C@@H]3C(=C[C@@H]4[C@H]3C=C(C)[C@@H]3C[C@@H](O[C@@H]5O[C@@H](C)[C@H](OC)[C@@H](OC)[C@H]5OC)C[C@@H]43)C(=O)[C@@H]2C)O[C@@H]1C. The van der Waals surface area contributed by atoms with Gasteiger partial charge in [-0.25, -0.2) is 0 Å². The maximum absolute atomic E-state index is 14.7. The summed E-state index contributed by atoms with van der Waals surface area (Å²) < 4.78 is 49.7. The molecule has 0 aromatic rings. The van der Waals surface area contributed by atoms with Crippen LogP contribution in [0.1, 0.15) is 99.3 Å². The Balaban J connectivity index is 1.22. The molecule has 0 bridgehead atoms. The first-order valence-electron chi connectivity index (χ1n) is 20.6. The number of allylic oxidation sites excluding steroid dienone is 4. The average molecular weight is 746 g/mol. The second kappa shape index (κ2) is 18.0. The van der Waals surface area contributed by atoms with Gasteiger partial charge in [0.2, 0.25) is 0 Å². The van der Waals surface area contributed by atoms with Crippen LogP contribution in [0.2, 0.25) is 0 Å². The minimum atomic E-state index is -0.598. The van der Waals surface area contributed by atoms with Crippen LogP contribution in [0.3, 0.4) is 0 Å². The summed E-state index contributed by atoms with van der Waals surface area (Å²) in [6, 6.07) is 0.300. The summed E-state index contributed by atoms with van der Waals surface area (Å²) in [4.78, 5) is 28.3. The molecular formula is C42H67NO10. The Kier molecular flexibility index (Phi) is 13.9. The van der Waals surface area contributed by atoms with Gasteiger partial charge in [-0.15, -0.1) is 0 Å². The van der Waals surface area contributed by atoms with Gasteiger partial charge in [0.1, 0.15) is 24.4 Å². The molecule has 0 spiro atoms. The number of fused-ring (bicyclic) bond motifs is 5. The summed E-state index contributed by atoms with van der Waals surface area (Å²) in [6.07, 6.45) is 8.54. The largest absolute Gasteiger partial charge is 0.462 e. The van der Waals surface area contributed by atoms with E-state index in [-0.39, 0.29) is 96.8 Å². The molecular weight excluding hydrogens is 678 g/mol. The van der Waals surface area contributed by atoms with Crippen molar-refractivity contribution in [1.29, 1.82) is 0 Å². The van der Waals surface area contributed by atoms with Gasteiger partial charge in [-0.05, 0) is 108 Å². The molecule has 17 atom stereocenters. The van der Waals surface area contributed by atoms with Crippen LogP contribution in [0.4, 0.5) is 0 Å². The molecule has 0 radical (unpaired) electrons. The van der Waals surface area contributed by atoms with Crippen molar-refractivity contribution in [3.05, 3.63) is 23.3 Å². The number of cyclic esters (lactones) is 1. The van der Waals surface area contributed by atoms with E-state index in [0.717, 1.165) is 57.1 Å². The van der Waals surface area contributed by atoms with E-state index >= 15 is 0 Å². The Bertz CT molecular complexity index is 1320. The summed E-state index contributed by atoms with van der Waals surface area (Å²) in [6.45, 7) is 13.4. The van der Waals surface area contributed by atoms with Crippen molar-refractivity contribution in [3.63, 3.8) is 0 Å². The summed E-state index contributed by atoms with van der Waals surface area (Å²) in [5.41, 5.74) is 2.07. The predicted molar refractivity (Wildman–Crippen MR) is 199 cm³/mol. The van der Waals surface area contributed by atoms with E-state index in [9.17, 15) is 9.59 Å². The second-order valence-electron chi connectivity index (χ2n) is 16.6. The van der Waals surface area contributed by atoms with Crippen LogP contribution < -0.4 is 5.32 Å². The quantitative estimate of drug-likeness (QED) is 0.212. The van der Waals surface area contributed by atoms with Crippen LogP contribution in [-0.4, -0.2) is 107 Å². The molecule has 3 heterocycles. The molecule has 300 valence electrons. The molecule has 0 aromatic carbocycles. The Hall–Kier alpha value is -1.70. The standard InChI is InChI=1S/C42H67NO10/c1-10-26-13-12-14-35(53-37-16-15-34(43-11-2)24(5)49-37)23(4)38(45)33-20-31-29(32(33)21-36(44)51-26)17-22(3)28-18-27(19-30(28)31)52-42-41(48-9)40(47-8)39(46-7)25(6)50-42/h17,20,23-32,34-35,37,39-43H,10-16,18-19,21H2,1-9H3/t23-,24-,25+,26+,27-,28+,29-,30-,31-,32+,34+,35+,37+,39+,40-,41-,42+/m1/s1. The molecule has 3 aliphatic carbocycles. The molecule has 0 amide bonds. The highest BCUT2D eigenvalue weighted by Gasteiger charge is 2.53. The molecule has 11 heteroatoms. The molecule has 3 saturated heterocycles. The highest BCUT2D eigenvalue weighted by Crippen LogP contribution is 2.56. The lowest BCUT2D eigenvalue weighted by atomic mass is 9.67. The first-order valence-corrected chi connectivity index (χ1v) is 20.6. The molecule has 0 unspecified atom stereocenters. The minimum absolute atomic E-state index is 0.0270. The molecule has 1 N–H and O–H groups in total. The van der Waals surface area contributed by atoms with Gasteiger partial charge < -0.3 is 43.2 Å². The maximum Gasteiger partial charge on any atom is 0.306 e. The van der Waals surface area contributed by atoms with E-state index in [2.05, 4.69) is 45.2 Å². The van der Waals surface area contributed by atoms with E-state index < -0.39 is 12.4 Å². The highest BCUT2D eigenvalue weighted by atomic mass is 16.7. The number of hydrogen-bond donors (Lipinski definition) is 1. The van der Waals surface area contributed by atoms with Gasteiger partial charge in [-0.3, -0.25) is 9.59 Å². The number of carbonyl (C=O) groups excluding carboxylic acids is 2. The van der Waals surface area contributed by atoms with E-state index in [0.29, 0.717) is 18.4 Å². The van der Waals surface area contributed by atoms with Gasteiger partial charge in [0.25, 0.3) is 0 Å². The number of hydrogen-bond acceptors (Lipinski definition) is 11. The van der Waals surface area contributed by atoms with E-state index in [1.165, 1.54) is 5.57 Å². The smallest absolute Gasteiger partial charge is 0.306 e. The zero-order valence-electron chi connectivity index (χ0n) is 33.6. The zero-order valence-corrected chi connectivity index (χ0v) is 33.6. The number of ketones is 1. The number of ether oxygens (including phenoxy) is 8. The molecule has 6 rings (SSSR count). The summed E-state index contributed by atoms with van der Waals surface area (Å²) in [7, 11) is 4.98. The summed E-state index contributed by atoms with van der Waals surface area (Å²) in [5.74, 6) is 0.00876. The first-order chi connectivity index (χ1) is 25.5. The minimum Gasteiger partial charge on any atom is -0.462 e. The fourth-order valence-corrected chi connectivity index (χ4v) is 10.6. The average Bonchev–Trinajstić information content (AvgIpc) is 3.72. The highest BCUT2D eigenvalue weighted by molar-refractivity contribution is 5.99. The van der Waals surface area contributed by atoms with Crippen molar-refractivity contribution in [3.8, 4) is 0 Å². The Labute approximate surface area is 317 Å². The van der Waals surface area contributed by atoms with Crippen molar-refractivity contribution in [1.82, 2.24) is 5.32 Å². The van der Waals surface area contributed by atoms with Gasteiger partial charge in [0.15, 0.2) is 18.4 Å². The van der Waals surface area contributed by atoms with Crippen molar-refractivity contribution < 1.29 is 47.5 Å². The van der Waals surface area contributed by atoms with Crippen LogP contribution in [0.15, 0.2) is 23.3 Å². The molecule has 4 fully saturated rings. The molecule has 53 heavy (non-hydrogen) atoms. The van der Waals surface area contributed by atoms with Gasteiger partial charge >= 0.3 is 5.97 Å². The zero-order chi connectivity index (χ0) is 38.0. The van der Waals surface area contributed by atoms with Crippen molar-refractivity contribution >= 4 is 11.8 Å². The maximum atomic E-state index is 14.7. The van der Waals surface area contributed by atoms with Crippen LogP contribution in [0.5, 0.6) is 0 Å². The lowest BCUT2D eigenvalue weighted by molar-refractivity contribution is -0.314. The summed E-state index contributed by atoms with van der Waals surface area (Å²) >= 11 is 0. The Morgan fingerprint density at radius 2 is 1.57 bits per heavy atom. The molecule has 3 aliphatic heterocycles. The first kappa shape index (κ1) is 40.9. The number of methoxy groups -OCH3 is 3. The molecule has 11 nitrogen and oxygen atoms in total. The second-order valence-corrected chi connectivity index (χ2v) is 16.6.